The number of carbonyl (C=O) groups is 1. The molecule has 1 fully saturated rings. The first-order chi connectivity index (χ1) is 11.0. The average molecular weight is 320 g/mol. The first-order valence-electron chi connectivity index (χ1n) is 8.33. The molecule has 0 aromatic heterocycles. The molecule has 1 unspecified atom stereocenters. The Morgan fingerprint density at radius 3 is 2.57 bits per heavy atom. The molecule has 128 valence electrons. The number of methoxy groups -OCH3 is 1. The molecular weight excluding hydrogens is 292 g/mol. The van der Waals surface area contributed by atoms with Gasteiger partial charge in [-0.15, -0.1) is 0 Å². The minimum Gasteiger partial charge on any atom is -0.496 e. The van der Waals surface area contributed by atoms with E-state index in [1.165, 1.54) is 0 Å². The van der Waals surface area contributed by atoms with Gasteiger partial charge in [-0.2, -0.15) is 0 Å². The third-order valence-corrected chi connectivity index (χ3v) is 4.00. The van der Waals surface area contributed by atoms with Gasteiger partial charge in [-0.3, -0.25) is 4.79 Å². The van der Waals surface area contributed by atoms with Gasteiger partial charge in [0.1, 0.15) is 11.5 Å². The molecule has 0 radical (unpaired) electrons. The van der Waals surface area contributed by atoms with Gasteiger partial charge in [-0.1, -0.05) is 6.92 Å². The Kier molecular flexibility index (Phi) is 6.42. The molecule has 0 saturated carbocycles. The Bertz CT molecular complexity index is 525. The van der Waals surface area contributed by atoms with Gasteiger partial charge in [0.05, 0.1) is 18.8 Å². The fourth-order valence-corrected chi connectivity index (χ4v) is 2.85. The van der Waals surface area contributed by atoms with Crippen molar-refractivity contribution in [3.8, 4) is 11.5 Å². The number of nitrogens with zero attached hydrogens (tertiary/aromatic N) is 1. The van der Waals surface area contributed by atoms with Crippen LogP contribution in [0.4, 0.5) is 0 Å². The van der Waals surface area contributed by atoms with Crippen LogP contribution in [0, 0.1) is 5.92 Å². The van der Waals surface area contributed by atoms with Crippen molar-refractivity contribution in [3.05, 3.63) is 23.8 Å². The van der Waals surface area contributed by atoms with E-state index in [9.17, 15) is 4.79 Å². The Balaban J connectivity index is 2.12. The summed E-state index contributed by atoms with van der Waals surface area (Å²) in [6.45, 7) is 10.7. The van der Waals surface area contributed by atoms with E-state index in [4.69, 9.17) is 9.47 Å². The zero-order valence-corrected chi connectivity index (χ0v) is 14.6. The maximum absolute atomic E-state index is 12.9. The molecule has 23 heavy (non-hydrogen) atoms. The molecule has 1 aliphatic rings. The molecule has 0 bridgehead atoms. The zero-order valence-electron chi connectivity index (χ0n) is 14.6. The molecule has 5 heteroatoms. The smallest absolute Gasteiger partial charge is 0.170 e. The van der Waals surface area contributed by atoms with Crippen molar-refractivity contribution in [2.75, 3.05) is 39.8 Å². The number of rotatable bonds is 7. The largest absolute Gasteiger partial charge is 0.496 e. The van der Waals surface area contributed by atoms with E-state index in [1.807, 2.05) is 32.9 Å². The van der Waals surface area contributed by atoms with Crippen LogP contribution in [0.1, 0.15) is 31.1 Å². The van der Waals surface area contributed by atoms with Crippen LogP contribution in [0.2, 0.25) is 0 Å². The Morgan fingerprint density at radius 2 is 1.96 bits per heavy atom. The molecule has 1 aliphatic heterocycles. The lowest BCUT2D eigenvalue weighted by atomic mass is 9.97. The van der Waals surface area contributed by atoms with Crippen LogP contribution in [0.3, 0.4) is 0 Å². The highest BCUT2D eigenvalue weighted by Gasteiger charge is 2.23. The van der Waals surface area contributed by atoms with Gasteiger partial charge in [0.15, 0.2) is 5.78 Å². The lowest BCUT2D eigenvalue weighted by Crippen LogP contribution is -2.45. The Labute approximate surface area is 139 Å². The predicted molar refractivity (Wildman–Crippen MR) is 91.6 cm³/mol. The third-order valence-electron chi connectivity index (χ3n) is 4.00. The van der Waals surface area contributed by atoms with Crippen molar-refractivity contribution in [2.24, 2.45) is 5.92 Å². The summed E-state index contributed by atoms with van der Waals surface area (Å²) in [5.41, 5.74) is 0.605. The number of nitrogens with one attached hydrogen (secondary N) is 1. The molecule has 0 amide bonds. The summed E-state index contributed by atoms with van der Waals surface area (Å²) in [7, 11) is 1.59. The molecular formula is C18H28N2O3. The van der Waals surface area contributed by atoms with Gasteiger partial charge in [0.25, 0.3) is 0 Å². The number of Topliss-reactive ketones (excluding diaryl/α,β-unsaturated/α-hetero) is 1. The molecule has 0 spiro atoms. The second kappa shape index (κ2) is 8.31. The number of benzene rings is 1. The summed E-state index contributed by atoms with van der Waals surface area (Å²) in [6, 6.07) is 5.45. The number of ketones is 1. The highest BCUT2D eigenvalue weighted by molar-refractivity contribution is 6.00. The number of piperazine rings is 1. The van der Waals surface area contributed by atoms with Gasteiger partial charge >= 0.3 is 0 Å². The lowest BCUT2D eigenvalue weighted by Gasteiger charge is -2.29. The maximum Gasteiger partial charge on any atom is 0.170 e. The number of ether oxygens (including phenoxy) is 2. The van der Waals surface area contributed by atoms with Crippen LogP contribution < -0.4 is 14.8 Å². The quantitative estimate of drug-likeness (QED) is 0.781. The number of carbonyl (C=O) groups excluding carboxylic acids is 1. The summed E-state index contributed by atoms with van der Waals surface area (Å²) in [5, 5.41) is 3.33. The molecule has 1 aromatic rings. The first-order valence-corrected chi connectivity index (χ1v) is 8.33. The Morgan fingerprint density at radius 1 is 1.26 bits per heavy atom. The van der Waals surface area contributed by atoms with E-state index in [0.29, 0.717) is 17.1 Å². The topological polar surface area (TPSA) is 50.8 Å². The van der Waals surface area contributed by atoms with Gasteiger partial charge in [-0.25, -0.2) is 0 Å². The fourth-order valence-electron chi connectivity index (χ4n) is 2.85. The molecule has 5 nitrogen and oxygen atoms in total. The summed E-state index contributed by atoms with van der Waals surface area (Å²) in [4.78, 5) is 15.2. The fraction of sp³-hybridized carbons (Fsp3) is 0.611. The van der Waals surface area contributed by atoms with Gasteiger partial charge in [-0.05, 0) is 32.0 Å². The van der Waals surface area contributed by atoms with Crippen molar-refractivity contribution >= 4 is 5.78 Å². The molecule has 0 aliphatic carbocycles. The maximum atomic E-state index is 12.9. The van der Waals surface area contributed by atoms with Crippen molar-refractivity contribution < 1.29 is 14.3 Å². The molecule has 1 heterocycles. The molecule has 1 aromatic carbocycles. The summed E-state index contributed by atoms with van der Waals surface area (Å²) in [6.07, 6.45) is 0.0737. The van der Waals surface area contributed by atoms with Crippen molar-refractivity contribution in [1.82, 2.24) is 10.2 Å². The van der Waals surface area contributed by atoms with Crippen LogP contribution in [-0.2, 0) is 0 Å². The van der Waals surface area contributed by atoms with Crippen molar-refractivity contribution in [1.29, 1.82) is 0 Å². The Hall–Kier alpha value is -1.59. The first kappa shape index (κ1) is 17.8. The van der Waals surface area contributed by atoms with Crippen LogP contribution in [0.25, 0.3) is 0 Å². The summed E-state index contributed by atoms with van der Waals surface area (Å²) in [5.74, 6) is 1.35. The predicted octanol–water partition coefficient (Wildman–Crippen LogP) is 2.21. The van der Waals surface area contributed by atoms with Crippen LogP contribution >= 0.6 is 0 Å². The second-order valence-corrected chi connectivity index (χ2v) is 6.34. The minimum atomic E-state index is -0.0729. The minimum absolute atomic E-state index is 0.0729. The second-order valence-electron chi connectivity index (χ2n) is 6.34. The highest BCUT2D eigenvalue weighted by atomic mass is 16.5. The van der Waals surface area contributed by atoms with E-state index in [1.54, 1.807) is 13.2 Å². The molecule has 1 atom stereocenters. The van der Waals surface area contributed by atoms with Crippen LogP contribution in [0.5, 0.6) is 11.5 Å². The van der Waals surface area contributed by atoms with E-state index in [-0.39, 0.29) is 17.8 Å². The van der Waals surface area contributed by atoms with Gasteiger partial charge < -0.3 is 19.7 Å². The summed E-state index contributed by atoms with van der Waals surface area (Å²) >= 11 is 0. The third kappa shape index (κ3) is 4.94. The van der Waals surface area contributed by atoms with Crippen molar-refractivity contribution in [2.45, 2.75) is 26.9 Å². The highest BCUT2D eigenvalue weighted by Crippen LogP contribution is 2.27. The van der Waals surface area contributed by atoms with Gasteiger partial charge in [0.2, 0.25) is 0 Å². The van der Waals surface area contributed by atoms with E-state index in [0.717, 1.165) is 32.7 Å². The van der Waals surface area contributed by atoms with E-state index < -0.39 is 0 Å². The lowest BCUT2D eigenvalue weighted by molar-refractivity contribution is 0.0883. The average Bonchev–Trinajstić information content (AvgIpc) is 2.54. The summed E-state index contributed by atoms with van der Waals surface area (Å²) < 4.78 is 11.1. The monoisotopic (exact) mass is 320 g/mol. The van der Waals surface area contributed by atoms with Crippen LogP contribution in [-0.4, -0.2) is 56.6 Å². The molecule has 1 N–H and O–H groups in total. The van der Waals surface area contributed by atoms with Gasteiger partial charge in [0, 0.05) is 38.6 Å². The van der Waals surface area contributed by atoms with Crippen LogP contribution in [0.15, 0.2) is 18.2 Å². The molecule has 2 rings (SSSR count). The standard InChI is InChI=1S/C18H28N2O3/c1-13(2)23-15-5-6-17(22-4)16(11-15)18(21)14(3)12-20-9-7-19-8-10-20/h5-6,11,13-14,19H,7-10,12H2,1-4H3. The SMILES string of the molecule is COc1ccc(OC(C)C)cc1C(=O)C(C)CN1CCNCC1. The zero-order chi connectivity index (χ0) is 16.8. The molecule has 1 saturated heterocycles. The number of hydrogen-bond donors (Lipinski definition) is 1. The normalized spacial score (nSPS) is 17.1. The number of hydrogen-bond acceptors (Lipinski definition) is 5. The van der Waals surface area contributed by atoms with Crippen molar-refractivity contribution in [3.63, 3.8) is 0 Å². The van der Waals surface area contributed by atoms with E-state index >= 15 is 0 Å². The van der Waals surface area contributed by atoms with E-state index in [2.05, 4.69) is 10.2 Å².